The van der Waals surface area contributed by atoms with E-state index >= 15 is 0 Å². The summed E-state index contributed by atoms with van der Waals surface area (Å²) < 4.78 is 19.2. The first-order valence-corrected chi connectivity index (χ1v) is 10.1. The van der Waals surface area contributed by atoms with Crippen LogP contribution in [0.3, 0.4) is 0 Å². The molecule has 1 saturated carbocycles. The molecular formula is C23H27FN2O2. The van der Waals surface area contributed by atoms with E-state index in [4.69, 9.17) is 4.74 Å². The van der Waals surface area contributed by atoms with Gasteiger partial charge in [-0.25, -0.2) is 4.39 Å². The van der Waals surface area contributed by atoms with Crippen LogP contribution in [0.4, 0.5) is 10.1 Å². The van der Waals surface area contributed by atoms with Crippen LogP contribution in [0.5, 0.6) is 5.75 Å². The lowest BCUT2D eigenvalue weighted by molar-refractivity contribution is -0.137. The van der Waals surface area contributed by atoms with Gasteiger partial charge < -0.3 is 14.5 Å². The van der Waals surface area contributed by atoms with Crippen LogP contribution in [0.25, 0.3) is 0 Å². The molecule has 0 unspecified atom stereocenters. The monoisotopic (exact) mass is 382 g/mol. The topological polar surface area (TPSA) is 32.8 Å². The number of halogens is 1. The summed E-state index contributed by atoms with van der Waals surface area (Å²) in [5.74, 6) is 0.743. The maximum Gasteiger partial charge on any atom is 0.233 e. The van der Waals surface area contributed by atoms with E-state index in [0.717, 1.165) is 55.8 Å². The molecule has 2 fully saturated rings. The van der Waals surface area contributed by atoms with E-state index < -0.39 is 5.41 Å². The summed E-state index contributed by atoms with van der Waals surface area (Å²) in [5, 5.41) is 0. The molecule has 4 rings (SSSR count). The fourth-order valence-electron chi connectivity index (χ4n) is 4.67. The normalized spacial score (nSPS) is 18.9. The van der Waals surface area contributed by atoms with Crippen LogP contribution in [0, 0.1) is 5.82 Å². The number of amides is 1. The Hall–Kier alpha value is -2.56. The van der Waals surface area contributed by atoms with Crippen molar-refractivity contribution in [2.75, 3.05) is 38.2 Å². The molecule has 0 aromatic heterocycles. The highest BCUT2D eigenvalue weighted by Gasteiger charge is 2.45. The molecule has 28 heavy (non-hydrogen) atoms. The van der Waals surface area contributed by atoms with Gasteiger partial charge in [-0.3, -0.25) is 4.79 Å². The Morgan fingerprint density at radius 2 is 1.71 bits per heavy atom. The second-order valence-corrected chi connectivity index (χ2v) is 7.78. The van der Waals surface area contributed by atoms with Gasteiger partial charge in [-0.2, -0.15) is 0 Å². The van der Waals surface area contributed by atoms with Crippen LogP contribution in [-0.2, 0) is 10.2 Å². The number of anilines is 1. The number of piperazine rings is 1. The number of rotatable bonds is 4. The van der Waals surface area contributed by atoms with Crippen molar-refractivity contribution >= 4 is 11.6 Å². The summed E-state index contributed by atoms with van der Waals surface area (Å²) >= 11 is 0. The third kappa shape index (κ3) is 3.46. The number of methoxy groups -OCH3 is 1. The first-order valence-electron chi connectivity index (χ1n) is 10.1. The molecule has 2 aromatic carbocycles. The summed E-state index contributed by atoms with van der Waals surface area (Å²) in [4.78, 5) is 17.8. The van der Waals surface area contributed by atoms with E-state index in [2.05, 4.69) is 11.0 Å². The number of benzene rings is 2. The standard InChI is InChI=1S/C23H27FN2O2/c1-28-21-9-5-8-20(17-21)25-12-14-26(15-13-25)22(27)23(10-2-3-11-23)18-6-4-7-19(24)16-18/h4-9,16-17H,2-3,10-15H2,1H3. The third-order valence-corrected chi connectivity index (χ3v) is 6.23. The first kappa shape index (κ1) is 18.8. The predicted molar refractivity (Wildman–Crippen MR) is 108 cm³/mol. The second kappa shape index (κ2) is 7.82. The number of carbonyl (C=O) groups is 1. The summed E-state index contributed by atoms with van der Waals surface area (Å²) in [6, 6.07) is 14.7. The van der Waals surface area contributed by atoms with Gasteiger partial charge in [-0.15, -0.1) is 0 Å². The van der Waals surface area contributed by atoms with Crippen molar-refractivity contribution < 1.29 is 13.9 Å². The Labute approximate surface area is 165 Å². The van der Waals surface area contributed by atoms with Crippen LogP contribution in [-0.4, -0.2) is 44.1 Å². The minimum atomic E-state index is -0.555. The van der Waals surface area contributed by atoms with Gasteiger partial charge in [-0.05, 0) is 42.7 Å². The summed E-state index contributed by atoms with van der Waals surface area (Å²) in [7, 11) is 1.67. The maximum absolute atomic E-state index is 13.9. The Bertz CT molecular complexity index is 840. The smallest absolute Gasteiger partial charge is 0.233 e. The van der Waals surface area contributed by atoms with Crippen molar-refractivity contribution in [3.05, 3.63) is 59.9 Å². The number of nitrogens with zero attached hydrogens (tertiary/aromatic N) is 2. The number of hydrogen-bond donors (Lipinski definition) is 0. The average molecular weight is 382 g/mol. The fraction of sp³-hybridized carbons (Fsp3) is 0.435. The Balaban J connectivity index is 1.49. The number of hydrogen-bond acceptors (Lipinski definition) is 3. The highest BCUT2D eigenvalue weighted by Crippen LogP contribution is 2.43. The van der Waals surface area contributed by atoms with E-state index in [1.165, 1.54) is 6.07 Å². The van der Waals surface area contributed by atoms with Gasteiger partial charge in [0.1, 0.15) is 11.6 Å². The molecule has 148 valence electrons. The number of carbonyl (C=O) groups excluding carboxylic acids is 1. The fourth-order valence-corrected chi connectivity index (χ4v) is 4.67. The van der Waals surface area contributed by atoms with Gasteiger partial charge in [0.05, 0.1) is 12.5 Å². The van der Waals surface area contributed by atoms with E-state index in [1.807, 2.05) is 29.2 Å². The molecule has 0 bridgehead atoms. The lowest BCUT2D eigenvalue weighted by Gasteiger charge is -2.41. The zero-order chi connectivity index (χ0) is 19.6. The van der Waals surface area contributed by atoms with Crippen LogP contribution in [0.15, 0.2) is 48.5 Å². The van der Waals surface area contributed by atoms with E-state index in [0.29, 0.717) is 13.1 Å². The molecule has 1 heterocycles. The number of ether oxygens (including phenoxy) is 1. The van der Waals surface area contributed by atoms with E-state index in [9.17, 15) is 9.18 Å². The highest BCUT2D eigenvalue weighted by molar-refractivity contribution is 5.89. The summed E-state index contributed by atoms with van der Waals surface area (Å²) in [5.41, 5.74) is 1.40. The van der Waals surface area contributed by atoms with Crippen LogP contribution >= 0.6 is 0 Å². The molecule has 1 aliphatic carbocycles. The molecule has 0 N–H and O–H groups in total. The molecule has 1 amide bonds. The first-order chi connectivity index (χ1) is 13.6. The minimum absolute atomic E-state index is 0.167. The van der Waals surface area contributed by atoms with Gasteiger partial charge in [0, 0.05) is 37.9 Å². The summed E-state index contributed by atoms with van der Waals surface area (Å²) in [6.45, 7) is 2.95. The molecule has 0 radical (unpaired) electrons. The Morgan fingerprint density at radius 1 is 1.00 bits per heavy atom. The summed E-state index contributed by atoms with van der Waals surface area (Å²) in [6.07, 6.45) is 3.66. The van der Waals surface area contributed by atoms with Gasteiger partial charge in [-0.1, -0.05) is 31.0 Å². The highest BCUT2D eigenvalue weighted by atomic mass is 19.1. The van der Waals surface area contributed by atoms with E-state index in [-0.39, 0.29) is 11.7 Å². The SMILES string of the molecule is COc1cccc(N2CCN(C(=O)C3(c4cccc(F)c4)CCCC3)CC2)c1. The third-order valence-electron chi connectivity index (χ3n) is 6.23. The Kier molecular flexibility index (Phi) is 5.25. The molecule has 1 aliphatic heterocycles. The van der Waals surface area contributed by atoms with Crippen molar-refractivity contribution in [3.8, 4) is 5.75 Å². The Morgan fingerprint density at radius 3 is 2.39 bits per heavy atom. The molecule has 0 spiro atoms. The van der Waals surface area contributed by atoms with Crippen LogP contribution in [0.2, 0.25) is 0 Å². The lowest BCUT2D eigenvalue weighted by Crippen LogP contribution is -2.54. The van der Waals surface area contributed by atoms with E-state index in [1.54, 1.807) is 19.2 Å². The molecule has 1 saturated heterocycles. The van der Waals surface area contributed by atoms with Crippen LogP contribution < -0.4 is 9.64 Å². The van der Waals surface area contributed by atoms with Crippen molar-refractivity contribution in [3.63, 3.8) is 0 Å². The predicted octanol–water partition coefficient (Wildman–Crippen LogP) is 3.99. The second-order valence-electron chi connectivity index (χ2n) is 7.78. The van der Waals surface area contributed by atoms with Crippen LogP contribution in [0.1, 0.15) is 31.2 Å². The largest absolute Gasteiger partial charge is 0.497 e. The van der Waals surface area contributed by atoms with Gasteiger partial charge >= 0.3 is 0 Å². The van der Waals surface area contributed by atoms with Crippen molar-refractivity contribution in [2.45, 2.75) is 31.1 Å². The molecule has 2 aromatic rings. The quantitative estimate of drug-likeness (QED) is 0.801. The van der Waals surface area contributed by atoms with Gasteiger partial charge in [0.25, 0.3) is 0 Å². The van der Waals surface area contributed by atoms with Crippen molar-refractivity contribution in [1.82, 2.24) is 4.90 Å². The van der Waals surface area contributed by atoms with Crippen molar-refractivity contribution in [1.29, 1.82) is 0 Å². The van der Waals surface area contributed by atoms with Crippen molar-refractivity contribution in [2.24, 2.45) is 0 Å². The van der Waals surface area contributed by atoms with Gasteiger partial charge in [0.2, 0.25) is 5.91 Å². The molecule has 4 nitrogen and oxygen atoms in total. The lowest BCUT2D eigenvalue weighted by atomic mass is 9.77. The molecule has 5 heteroatoms. The average Bonchev–Trinajstić information content (AvgIpc) is 3.25. The molecule has 2 aliphatic rings. The minimum Gasteiger partial charge on any atom is -0.497 e. The molecular weight excluding hydrogens is 355 g/mol. The van der Waals surface area contributed by atoms with Gasteiger partial charge in [0.15, 0.2) is 0 Å². The zero-order valence-electron chi connectivity index (χ0n) is 16.4. The maximum atomic E-state index is 13.9. The molecule has 0 atom stereocenters. The zero-order valence-corrected chi connectivity index (χ0v) is 16.4.